The second-order valence-corrected chi connectivity index (χ2v) is 4.31. The van der Waals surface area contributed by atoms with Crippen LogP contribution in [0.5, 0.6) is 0 Å². The molecule has 0 unspecified atom stereocenters. The SMILES string of the molecule is Cc1ccc(-c2nc3c(C)cccc3o2)cc1. The van der Waals surface area contributed by atoms with Gasteiger partial charge in [-0.3, -0.25) is 0 Å². The van der Waals surface area contributed by atoms with E-state index in [4.69, 9.17) is 4.42 Å². The summed E-state index contributed by atoms with van der Waals surface area (Å²) in [6.45, 7) is 4.11. The highest BCUT2D eigenvalue weighted by atomic mass is 16.3. The molecule has 0 saturated heterocycles. The van der Waals surface area contributed by atoms with E-state index in [1.54, 1.807) is 0 Å². The third-order valence-electron chi connectivity index (χ3n) is 2.92. The van der Waals surface area contributed by atoms with Gasteiger partial charge in [0, 0.05) is 5.56 Å². The molecule has 0 radical (unpaired) electrons. The molecule has 0 aliphatic heterocycles. The second kappa shape index (κ2) is 3.74. The smallest absolute Gasteiger partial charge is 0.227 e. The molecule has 0 aliphatic carbocycles. The van der Waals surface area contributed by atoms with Crippen molar-refractivity contribution in [2.75, 3.05) is 0 Å². The normalized spacial score (nSPS) is 10.9. The van der Waals surface area contributed by atoms with E-state index in [-0.39, 0.29) is 0 Å². The van der Waals surface area contributed by atoms with E-state index in [1.807, 2.05) is 37.3 Å². The van der Waals surface area contributed by atoms with Crippen LogP contribution in [0.2, 0.25) is 0 Å². The minimum absolute atomic E-state index is 0.689. The van der Waals surface area contributed by atoms with Gasteiger partial charge in [0.05, 0.1) is 0 Å². The zero-order valence-electron chi connectivity index (χ0n) is 9.90. The standard InChI is InChI=1S/C15H13NO/c1-10-6-8-12(9-7-10)15-16-14-11(2)4-3-5-13(14)17-15/h3-9H,1-2H3. The van der Waals surface area contributed by atoms with Crippen LogP contribution in [0.3, 0.4) is 0 Å². The number of hydrogen-bond acceptors (Lipinski definition) is 2. The fourth-order valence-electron chi connectivity index (χ4n) is 1.91. The van der Waals surface area contributed by atoms with E-state index >= 15 is 0 Å². The van der Waals surface area contributed by atoms with Crippen LogP contribution in [0.1, 0.15) is 11.1 Å². The lowest BCUT2D eigenvalue weighted by Crippen LogP contribution is -1.78. The topological polar surface area (TPSA) is 26.0 Å². The molecule has 2 heteroatoms. The largest absolute Gasteiger partial charge is 0.436 e. The Kier molecular flexibility index (Phi) is 2.22. The van der Waals surface area contributed by atoms with Gasteiger partial charge in [0.25, 0.3) is 0 Å². The highest BCUT2D eigenvalue weighted by Gasteiger charge is 2.08. The molecule has 3 aromatic rings. The lowest BCUT2D eigenvalue weighted by molar-refractivity contribution is 0.620. The summed E-state index contributed by atoms with van der Waals surface area (Å²) in [6, 6.07) is 14.2. The molecule has 1 aromatic heterocycles. The molecule has 0 bridgehead atoms. The van der Waals surface area contributed by atoms with Crippen LogP contribution < -0.4 is 0 Å². The molecule has 0 atom stereocenters. The van der Waals surface area contributed by atoms with E-state index in [9.17, 15) is 0 Å². The van der Waals surface area contributed by atoms with E-state index in [1.165, 1.54) is 5.56 Å². The summed E-state index contributed by atoms with van der Waals surface area (Å²) < 4.78 is 5.76. The highest BCUT2D eigenvalue weighted by molar-refractivity contribution is 5.79. The Labute approximate surface area is 99.9 Å². The van der Waals surface area contributed by atoms with Crippen molar-refractivity contribution in [1.29, 1.82) is 0 Å². The van der Waals surface area contributed by atoms with Gasteiger partial charge in [0.1, 0.15) is 5.52 Å². The molecule has 0 spiro atoms. The van der Waals surface area contributed by atoms with Gasteiger partial charge in [-0.05, 0) is 37.6 Å². The summed E-state index contributed by atoms with van der Waals surface area (Å²) in [6.07, 6.45) is 0. The van der Waals surface area contributed by atoms with Crippen LogP contribution in [0.4, 0.5) is 0 Å². The summed E-state index contributed by atoms with van der Waals surface area (Å²) >= 11 is 0. The number of hydrogen-bond donors (Lipinski definition) is 0. The minimum Gasteiger partial charge on any atom is -0.436 e. The Morgan fingerprint density at radius 3 is 2.41 bits per heavy atom. The first kappa shape index (κ1) is 10.1. The molecule has 0 aliphatic rings. The van der Waals surface area contributed by atoms with Crippen molar-refractivity contribution in [3.05, 3.63) is 53.6 Å². The number of oxazole rings is 1. The summed E-state index contributed by atoms with van der Waals surface area (Å²) in [4.78, 5) is 4.55. The van der Waals surface area contributed by atoms with Crippen LogP contribution >= 0.6 is 0 Å². The van der Waals surface area contributed by atoms with Crippen molar-refractivity contribution < 1.29 is 4.42 Å². The fourth-order valence-corrected chi connectivity index (χ4v) is 1.91. The molecule has 0 N–H and O–H groups in total. The summed E-state index contributed by atoms with van der Waals surface area (Å²) in [5.74, 6) is 0.689. The van der Waals surface area contributed by atoms with Gasteiger partial charge in [-0.1, -0.05) is 29.8 Å². The maximum atomic E-state index is 5.76. The van der Waals surface area contributed by atoms with Crippen molar-refractivity contribution in [3.8, 4) is 11.5 Å². The Balaban J connectivity index is 2.18. The Morgan fingerprint density at radius 1 is 0.941 bits per heavy atom. The predicted octanol–water partition coefficient (Wildman–Crippen LogP) is 4.11. The first-order valence-electron chi connectivity index (χ1n) is 5.67. The van der Waals surface area contributed by atoms with Crippen molar-refractivity contribution >= 4 is 11.1 Å². The number of aryl methyl sites for hydroxylation is 2. The first-order chi connectivity index (χ1) is 8.24. The van der Waals surface area contributed by atoms with Crippen molar-refractivity contribution in [2.45, 2.75) is 13.8 Å². The van der Waals surface area contributed by atoms with Crippen LogP contribution in [0.25, 0.3) is 22.6 Å². The van der Waals surface area contributed by atoms with Crippen LogP contribution in [0.15, 0.2) is 46.9 Å². The van der Waals surface area contributed by atoms with Gasteiger partial charge in [-0.15, -0.1) is 0 Å². The fraction of sp³-hybridized carbons (Fsp3) is 0.133. The Morgan fingerprint density at radius 2 is 1.71 bits per heavy atom. The van der Waals surface area contributed by atoms with Gasteiger partial charge in [0.15, 0.2) is 5.58 Å². The third-order valence-corrected chi connectivity index (χ3v) is 2.92. The lowest BCUT2D eigenvalue weighted by Gasteiger charge is -1.95. The minimum atomic E-state index is 0.689. The van der Waals surface area contributed by atoms with Gasteiger partial charge >= 0.3 is 0 Å². The Bertz CT molecular complexity index is 665. The molecule has 84 valence electrons. The van der Waals surface area contributed by atoms with Gasteiger partial charge in [-0.25, -0.2) is 4.98 Å². The number of nitrogens with zero attached hydrogens (tertiary/aromatic N) is 1. The number of rotatable bonds is 1. The number of benzene rings is 2. The van der Waals surface area contributed by atoms with Crippen molar-refractivity contribution in [2.24, 2.45) is 0 Å². The molecular weight excluding hydrogens is 210 g/mol. The van der Waals surface area contributed by atoms with Crippen molar-refractivity contribution in [1.82, 2.24) is 4.98 Å². The number of para-hydroxylation sites is 1. The molecule has 2 nitrogen and oxygen atoms in total. The quantitative estimate of drug-likeness (QED) is 0.620. The molecule has 1 heterocycles. The van der Waals surface area contributed by atoms with Gasteiger partial charge in [-0.2, -0.15) is 0 Å². The molecule has 0 saturated carbocycles. The summed E-state index contributed by atoms with van der Waals surface area (Å²) in [5, 5.41) is 0. The number of aromatic nitrogens is 1. The molecule has 0 amide bonds. The van der Waals surface area contributed by atoms with Crippen LogP contribution in [-0.4, -0.2) is 4.98 Å². The zero-order chi connectivity index (χ0) is 11.8. The first-order valence-corrected chi connectivity index (χ1v) is 5.67. The van der Waals surface area contributed by atoms with Gasteiger partial charge < -0.3 is 4.42 Å². The highest BCUT2D eigenvalue weighted by Crippen LogP contribution is 2.25. The van der Waals surface area contributed by atoms with Gasteiger partial charge in [0.2, 0.25) is 5.89 Å². The zero-order valence-corrected chi connectivity index (χ0v) is 9.90. The average Bonchev–Trinajstić information content (AvgIpc) is 2.75. The molecule has 3 rings (SSSR count). The summed E-state index contributed by atoms with van der Waals surface area (Å²) in [7, 11) is 0. The lowest BCUT2D eigenvalue weighted by atomic mass is 10.1. The predicted molar refractivity (Wildman–Crippen MR) is 68.9 cm³/mol. The monoisotopic (exact) mass is 223 g/mol. The van der Waals surface area contributed by atoms with E-state index in [2.05, 4.69) is 24.0 Å². The Hall–Kier alpha value is -2.09. The maximum Gasteiger partial charge on any atom is 0.227 e. The molecular formula is C15H13NO. The maximum absolute atomic E-state index is 5.76. The average molecular weight is 223 g/mol. The van der Waals surface area contributed by atoms with Crippen molar-refractivity contribution in [3.63, 3.8) is 0 Å². The second-order valence-electron chi connectivity index (χ2n) is 4.31. The number of fused-ring (bicyclic) bond motifs is 1. The van der Waals surface area contributed by atoms with E-state index in [0.29, 0.717) is 5.89 Å². The third kappa shape index (κ3) is 1.72. The molecule has 0 fully saturated rings. The summed E-state index contributed by atoms with van der Waals surface area (Å²) in [5.41, 5.74) is 5.19. The van der Waals surface area contributed by atoms with E-state index < -0.39 is 0 Å². The van der Waals surface area contributed by atoms with E-state index in [0.717, 1.165) is 22.2 Å². The molecule has 2 aromatic carbocycles. The van der Waals surface area contributed by atoms with Crippen LogP contribution in [0, 0.1) is 13.8 Å². The van der Waals surface area contributed by atoms with Crippen LogP contribution in [-0.2, 0) is 0 Å². The molecule has 17 heavy (non-hydrogen) atoms.